The molecule has 142 valence electrons. The number of hydrogen-bond acceptors (Lipinski definition) is 2. The topological polar surface area (TPSA) is 12.5 Å². The van der Waals surface area contributed by atoms with Crippen LogP contribution in [0.15, 0.2) is 29.9 Å². The van der Waals surface area contributed by atoms with Crippen LogP contribution in [-0.4, -0.2) is 23.7 Å². The Bertz CT molecular complexity index is 650. The van der Waals surface area contributed by atoms with Crippen LogP contribution < -0.4 is 4.74 Å². The number of ether oxygens (including phenoxy) is 1. The summed E-state index contributed by atoms with van der Waals surface area (Å²) in [5, 5.41) is -0.649. The van der Waals surface area contributed by atoms with Crippen LogP contribution in [0.25, 0.3) is 0 Å². The summed E-state index contributed by atoms with van der Waals surface area (Å²) in [4.78, 5) is -2.97. The van der Waals surface area contributed by atoms with E-state index in [1.165, 1.54) is 0 Å². The molecule has 1 rings (SSSR count). The number of hydrogen-bond donors (Lipinski definition) is 0. The molecular formula is C11H3Cl2F10NO. The maximum atomic E-state index is 13.5. The number of nitrogens with zero attached hydrogens (tertiary/aromatic N) is 1. The van der Waals surface area contributed by atoms with E-state index in [9.17, 15) is 43.9 Å². The van der Waals surface area contributed by atoms with Gasteiger partial charge in [-0.3, -0.25) is 0 Å². The minimum Gasteiger partial charge on any atom is -0.448 e. The van der Waals surface area contributed by atoms with E-state index in [4.69, 9.17) is 23.2 Å². The van der Waals surface area contributed by atoms with Gasteiger partial charge in [0.1, 0.15) is 5.75 Å². The number of benzene rings is 1. The standard InChI is InChI=1S/C11H3Cl2F10NO/c12-5-2-1-4(3-6(5)13)25-7(9(15,16)17)8(14)24(10(18,19)20)11(21,22)23/h1-3H/b8-7+. The lowest BCUT2D eigenvalue weighted by Gasteiger charge is -2.28. The van der Waals surface area contributed by atoms with Crippen LogP contribution in [0.5, 0.6) is 5.75 Å². The van der Waals surface area contributed by atoms with Gasteiger partial charge in [0.05, 0.1) is 10.0 Å². The van der Waals surface area contributed by atoms with E-state index in [2.05, 4.69) is 4.74 Å². The van der Waals surface area contributed by atoms with Crippen LogP contribution in [-0.2, 0) is 0 Å². The van der Waals surface area contributed by atoms with Gasteiger partial charge in [-0.05, 0) is 12.1 Å². The first-order valence-corrected chi connectivity index (χ1v) is 6.34. The molecule has 0 fully saturated rings. The number of rotatable bonds is 3. The van der Waals surface area contributed by atoms with Crippen LogP contribution >= 0.6 is 23.2 Å². The highest BCUT2D eigenvalue weighted by Gasteiger charge is 2.59. The lowest BCUT2D eigenvalue weighted by atomic mass is 10.3. The molecule has 1 aromatic rings. The fourth-order valence-corrected chi connectivity index (χ4v) is 1.63. The lowest BCUT2D eigenvalue weighted by Crippen LogP contribution is -2.47. The van der Waals surface area contributed by atoms with Crippen LogP contribution in [0.4, 0.5) is 43.9 Å². The normalized spacial score (nSPS) is 14.2. The van der Waals surface area contributed by atoms with Crippen molar-refractivity contribution < 1.29 is 48.6 Å². The highest BCUT2D eigenvalue weighted by Crippen LogP contribution is 2.42. The van der Waals surface area contributed by atoms with Crippen molar-refractivity contribution in [2.45, 2.75) is 18.8 Å². The maximum absolute atomic E-state index is 13.5. The van der Waals surface area contributed by atoms with Crippen molar-refractivity contribution in [1.29, 1.82) is 0 Å². The molecule has 0 aromatic heterocycles. The third-order valence-electron chi connectivity index (χ3n) is 2.26. The van der Waals surface area contributed by atoms with Gasteiger partial charge < -0.3 is 4.74 Å². The summed E-state index contributed by atoms with van der Waals surface area (Å²) < 4.78 is 130. The Hall–Kier alpha value is -1.56. The predicted molar refractivity (Wildman–Crippen MR) is 65.2 cm³/mol. The second-order valence-electron chi connectivity index (χ2n) is 4.07. The summed E-state index contributed by atoms with van der Waals surface area (Å²) in [7, 11) is 0. The quantitative estimate of drug-likeness (QED) is 0.315. The van der Waals surface area contributed by atoms with E-state index in [1.807, 2.05) is 0 Å². The van der Waals surface area contributed by atoms with Crippen LogP contribution in [0, 0.1) is 0 Å². The molecule has 25 heavy (non-hydrogen) atoms. The molecule has 0 N–H and O–H groups in total. The molecule has 0 saturated carbocycles. The minimum absolute atomic E-state index is 0.209. The average Bonchev–Trinajstić information content (AvgIpc) is 2.34. The number of halogens is 12. The van der Waals surface area contributed by atoms with Crippen molar-refractivity contribution in [3.63, 3.8) is 0 Å². The number of alkyl halides is 9. The first-order chi connectivity index (χ1) is 11.0. The van der Waals surface area contributed by atoms with Gasteiger partial charge in [0.25, 0.3) is 11.7 Å². The van der Waals surface area contributed by atoms with Gasteiger partial charge in [0.2, 0.25) is 0 Å². The molecule has 0 spiro atoms. The Balaban J connectivity index is 3.50. The van der Waals surface area contributed by atoms with Gasteiger partial charge in [0.15, 0.2) is 0 Å². The highest BCUT2D eigenvalue weighted by atomic mass is 35.5. The van der Waals surface area contributed by atoms with E-state index >= 15 is 0 Å². The summed E-state index contributed by atoms with van der Waals surface area (Å²) in [5.41, 5.74) is 0. The molecule has 1 aromatic carbocycles. The van der Waals surface area contributed by atoms with E-state index < -0.39 is 46.2 Å². The fourth-order valence-electron chi connectivity index (χ4n) is 1.34. The SMILES string of the molecule is F/C(=C(\Oc1ccc(Cl)c(Cl)c1)C(F)(F)F)N(C(F)(F)F)C(F)(F)F. The molecule has 0 heterocycles. The Morgan fingerprint density at radius 1 is 0.840 bits per heavy atom. The van der Waals surface area contributed by atoms with Gasteiger partial charge in [-0.2, -0.15) is 22.5 Å². The van der Waals surface area contributed by atoms with E-state index in [-0.39, 0.29) is 5.02 Å². The lowest BCUT2D eigenvalue weighted by molar-refractivity contribution is -0.366. The van der Waals surface area contributed by atoms with Gasteiger partial charge in [-0.1, -0.05) is 23.2 Å². The Morgan fingerprint density at radius 2 is 1.32 bits per heavy atom. The van der Waals surface area contributed by atoms with Crippen LogP contribution in [0.1, 0.15) is 0 Å². The van der Waals surface area contributed by atoms with E-state index in [0.29, 0.717) is 12.1 Å². The second kappa shape index (κ2) is 6.98. The second-order valence-corrected chi connectivity index (χ2v) is 4.88. The van der Waals surface area contributed by atoms with Crippen molar-refractivity contribution in [3.8, 4) is 5.75 Å². The molecule has 0 aliphatic rings. The summed E-state index contributed by atoms with van der Waals surface area (Å²) in [6, 6.07) is 1.99. The summed E-state index contributed by atoms with van der Waals surface area (Å²) in [6.45, 7) is 0. The monoisotopic (exact) mass is 425 g/mol. The molecule has 0 radical (unpaired) electrons. The summed E-state index contributed by atoms with van der Waals surface area (Å²) in [5.74, 6) is -7.93. The Kier molecular flexibility index (Phi) is 6.00. The molecule has 0 atom stereocenters. The molecule has 0 aliphatic heterocycles. The van der Waals surface area contributed by atoms with Gasteiger partial charge in [-0.15, -0.1) is 26.3 Å². The van der Waals surface area contributed by atoms with Crippen molar-refractivity contribution in [3.05, 3.63) is 40.0 Å². The maximum Gasteiger partial charge on any atom is 0.493 e. The van der Waals surface area contributed by atoms with E-state index in [1.54, 1.807) is 0 Å². The molecular weight excluding hydrogens is 423 g/mol. The Labute approximate surface area is 142 Å². The third kappa shape index (κ3) is 5.46. The molecule has 0 bridgehead atoms. The third-order valence-corrected chi connectivity index (χ3v) is 3.00. The zero-order chi connectivity index (χ0) is 19.8. The average molecular weight is 426 g/mol. The molecule has 0 unspecified atom stereocenters. The molecule has 14 heteroatoms. The molecule has 2 nitrogen and oxygen atoms in total. The molecule has 0 saturated heterocycles. The van der Waals surface area contributed by atoms with Crippen molar-refractivity contribution in [2.75, 3.05) is 0 Å². The molecule has 0 aliphatic carbocycles. The zero-order valence-electron chi connectivity index (χ0n) is 11.1. The smallest absolute Gasteiger partial charge is 0.448 e. The highest BCUT2D eigenvalue weighted by molar-refractivity contribution is 6.42. The summed E-state index contributed by atoms with van der Waals surface area (Å²) in [6.07, 6.45) is -19.1. The van der Waals surface area contributed by atoms with E-state index in [0.717, 1.165) is 6.07 Å². The van der Waals surface area contributed by atoms with Gasteiger partial charge in [-0.25, -0.2) is 0 Å². The Morgan fingerprint density at radius 3 is 1.68 bits per heavy atom. The summed E-state index contributed by atoms with van der Waals surface area (Å²) >= 11 is 10.9. The van der Waals surface area contributed by atoms with Crippen LogP contribution in [0.2, 0.25) is 10.0 Å². The first-order valence-electron chi connectivity index (χ1n) is 5.58. The fraction of sp³-hybridized carbons (Fsp3) is 0.273. The largest absolute Gasteiger partial charge is 0.493 e. The minimum atomic E-state index is -6.54. The van der Waals surface area contributed by atoms with Crippen molar-refractivity contribution in [1.82, 2.24) is 4.90 Å². The van der Waals surface area contributed by atoms with Crippen LogP contribution in [0.3, 0.4) is 0 Å². The predicted octanol–water partition coefficient (Wildman–Crippen LogP) is 6.41. The van der Waals surface area contributed by atoms with Gasteiger partial charge in [0, 0.05) is 6.07 Å². The van der Waals surface area contributed by atoms with Crippen molar-refractivity contribution in [2.24, 2.45) is 0 Å². The molecule has 0 amide bonds. The first kappa shape index (κ1) is 21.5. The van der Waals surface area contributed by atoms with Crippen molar-refractivity contribution >= 4 is 23.2 Å². The zero-order valence-corrected chi connectivity index (χ0v) is 12.6. The van der Waals surface area contributed by atoms with Gasteiger partial charge >= 0.3 is 18.8 Å². The number of allylic oxidation sites excluding steroid dienone is 1.